The van der Waals surface area contributed by atoms with Crippen LogP contribution in [0.5, 0.6) is 0 Å². The zero-order valence-electron chi connectivity index (χ0n) is 12.6. The van der Waals surface area contributed by atoms with Crippen LogP contribution < -0.4 is 0 Å². The van der Waals surface area contributed by atoms with Crippen molar-refractivity contribution in [1.29, 1.82) is 0 Å². The number of benzene rings is 2. The highest BCUT2D eigenvalue weighted by atomic mass is 32.2. The molecule has 1 heterocycles. The van der Waals surface area contributed by atoms with Crippen molar-refractivity contribution < 1.29 is 22.8 Å². The minimum Gasteiger partial charge on any atom is -0.465 e. The summed E-state index contributed by atoms with van der Waals surface area (Å²) in [5.74, 6) is -0.792. The molecule has 0 aromatic heterocycles. The maximum atomic E-state index is 12.7. The summed E-state index contributed by atoms with van der Waals surface area (Å²) < 4.78 is 30.8. The molecule has 0 aliphatic carbocycles. The molecule has 2 atom stereocenters. The van der Waals surface area contributed by atoms with Gasteiger partial charge in [0.25, 0.3) is 10.0 Å². The van der Waals surface area contributed by atoms with Crippen LogP contribution >= 0.6 is 0 Å². The lowest BCUT2D eigenvalue weighted by molar-refractivity contribution is -0.147. The van der Waals surface area contributed by atoms with E-state index in [0.717, 1.165) is 5.56 Å². The summed E-state index contributed by atoms with van der Waals surface area (Å²) in [5.41, 5.74) is -0.444. The molecule has 0 saturated carbocycles. The van der Waals surface area contributed by atoms with Gasteiger partial charge in [-0.1, -0.05) is 48.0 Å². The van der Waals surface area contributed by atoms with Gasteiger partial charge in [-0.15, -0.1) is 0 Å². The average Bonchev–Trinajstić information content (AvgIpc) is 3.33. The Hall–Kier alpha value is -2.22. The number of methoxy groups -OCH3 is 1. The molecule has 1 unspecified atom stereocenters. The maximum Gasteiger partial charge on any atom is 0.364 e. The van der Waals surface area contributed by atoms with Crippen LogP contribution in [0, 0.1) is 6.92 Å². The van der Waals surface area contributed by atoms with E-state index in [2.05, 4.69) is 0 Å². The van der Waals surface area contributed by atoms with Crippen molar-refractivity contribution in [2.45, 2.75) is 17.5 Å². The van der Waals surface area contributed by atoms with E-state index >= 15 is 0 Å². The molecule has 6 nitrogen and oxygen atoms in total. The van der Waals surface area contributed by atoms with E-state index in [1.165, 1.54) is 19.2 Å². The van der Waals surface area contributed by atoms with Crippen LogP contribution in [0.15, 0.2) is 59.5 Å². The van der Waals surface area contributed by atoms with Crippen LogP contribution in [0.2, 0.25) is 0 Å². The van der Waals surface area contributed by atoms with Crippen LogP contribution in [-0.4, -0.2) is 26.0 Å². The number of sulfonamides is 1. The summed E-state index contributed by atoms with van der Waals surface area (Å²) in [7, 11) is -2.80. The summed E-state index contributed by atoms with van der Waals surface area (Å²) in [6.07, 6.45) is 0. The summed E-state index contributed by atoms with van der Waals surface area (Å²) >= 11 is 0. The third-order valence-electron chi connectivity index (χ3n) is 3.60. The van der Waals surface area contributed by atoms with Gasteiger partial charge in [0.05, 0.1) is 12.0 Å². The number of nitrogens with zero attached hydrogens (tertiary/aromatic N) is 1. The monoisotopic (exact) mass is 333 g/mol. The molecule has 1 aliphatic heterocycles. The van der Waals surface area contributed by atoms with E-state index in [0.29, 0.717) is 10.0 Å². The minimum absolute atomic E-state index is 0.0461. The van der Waals surface area contributed by atoms with Crippen molar-refractivity contribution in [2.24, 2.45) is 0 Å². The van der Waals surface area contributed by atoms with Crippen molar-refractivity contribution in [3.63, 3.8) is 0 Å². The average molecular weight is 333 g/mol. The molecule has 1 fully saturated rings. The Morgan fingerprint density at radius 3 is 2.26 bits per heavy atom. The minimum atomic E-state index is -3.98. The van der Waals surface area contributed by atoms with Gasteiger partial charge < -0.3 is 4.74 Å². The SMILES string of the molecule is COC(=O)[C@@]1(c2ccccc2)ON1S(=O)(=O)c1ccc(C)cc1. The fourth-order valence-electron chi connectivity index (χ4n) is 2.31. The van der Waals surface area contributed by atoms with Gasteiger partial charge in [0.1, 0.15) is 0 Å². The van der Waals surface area contributed by atoms with E-state index in [1.54, 1.807) is 42.5 Å². The molecule has 120 valence electrons. The van der Waals surface area contributed by atoms with Gasteiger partial charge in [-0.2, -0.15) is 0 Å². The van der Waals surface area contributed by atoms with Gasteiger partial charge in [0.15, 0.2) is 0 Å². The lowest BCUT2D eigenvalue weighted by Gasteiger charge is -2.10. The standard InChI is InChI=1S/C16H15NO5S/c1-12-8-10-14(11-9-12)23(19,20)17-16(22-17,15(18)21-2)13-6-4-3-5-7-13/h3-11H,1-2H3/t16-,17?/m1/s1. The van der Waals surface area contributed by atoms with Gasteiger partial charge in [-0.3, -0.25) is 0 Å². The lowest BCUT2D eigenvalue weighted by Crippen LogP contribution is -2.31. The predicted molar refractivity (Wildman–Crippen MR) is 81.4 cm³/mol. The molecule has 2 aromatic carbocycles. The molecule has 3 rings (SSSR count). The Kier molecular flexibility index (Phi) is 3.71. The van der Waals surface area contributed by atoms with Crippen molar-refractivity contribution >= 4 is 16.0 Å². The highest BCUT2D eigenvalue weighted by Gasteiger charge is 2.70. The van der Waals surface area contributed by atoms with Gasteiger partial charge in [-0.25, -0.2) is 18.0 Å². The molecule has 0 amide bonds. The number of carbonyl (C=O) groups is 1. The second-order valence-corrected chi connectivity index (χ2v) is 6.89. The maximum absolute atomic E-state index is 12.7. The molecule has 23 heavy (non-hydrogen) atoms. The molecule has 0 radical (unpaired) electrons. The molecule has 0 bridgehead atoms. The van der Waals surface area contributed by atoms with Crippen molar-refractivity contribution in [2.75, 3.05) is 7.11 Å². The number of hydrogen-bond donors (Lipinski definition) is 0. The number of hydroxylamine groups is 1. The quantitative estimate of drug-likeness (QED) is 0.631. The van der Waals surface area contributed by atoms with Gasteiger partial charge >= 0.3 is 11.7 Å². The van der Waals surface area contributed by atoms with Crippen molar-refractivity contribution in [1.82, 2.24) is 4.47 Å². The summed E-state index contributed by atoms with van der Waals surface area (Å²) in [6, 6.07) is 14.7. The molecule has 0 N–H and O–H groups in total. The van der Waals surface area contributed by atoms with Crippen LogP contribution in [0.25, 0.3) is 0 Å². The van der Waals surface area contributed by atoms with Gasteiger partial charge in [0, 0.05) is 5.56 Å². The Morgan fingerprint density at radius 2 is 1.70 bits per heavy atom. The first-order chi connectivity index (χ1) is 10.9. The molecule has 1 saturated heterocycles. The third-order valence-corrected chi connectivity index (χ3v) is 5.24. The summed E-state index contributed by atoms with van der Waals surface area (Å²) in [5, 5.41) is 0. The summed E-state index contributed by atoms with van der Waals surface area (Å²) in [6.45, 7) is 1.85. The van der Waals surface area contributed by atoms with E-state index in [4.69, 9.17) is 9.57 Å². The second kappa shape index (κ2) is 5.45. The number of aryl methyl sites for hydroxylation is 1. The van der Waals surface area contributed by atoms with Crippen molar-refractivity contribution in [3.8, 4) is 0 Å². The van der Waals surface area contributed by atoms with Crippen molar-refractivity contribution in [3.05, 3.63) is 65.7 Å². The normalized spacial score (nSPS) is 23.3. The smallest absolute Gasteiger partial charge is 0.364 e. The van der Waals surface area contributed by atoms with E-state index in [1.807, 2.05) is 6.92 Å². The predicted octanol–water partition coefficient (Wildman–Crippen LogP) is 1.96. The van der Waals surface area contributed by atoms with E-state index in [-0.39, 0.29) is 4.90 Å². The number of carbonyl (C=O) groups excluding carboxylic acids is 1. The molecular weight excluding hydrogens is 318 g/mol. The Bertz CT molecular complexity index is 833. The number of esters is 1. The van der Waals surface area contributed by atoms with Crippen LogP contribution in [0.4, 0.5) is 0 Å². The van der Waals surface area contributed by atoms with Crippen LogP contribution in [0.3, 0.4) is 0 Å². The first kappa shape index (κ1) is 15.7. The zero-order chi connectivity index (χ0) is 16.7. The Labute approximate surface area is 134 Å². The Balaban J connectivity index is 2.04. The number of ether oxygens (including phenoxy) is 1. The molecule has 0 spiro atoms. The first-order valence-corrected chi connectivity index (χ1v) is 8.32. The highest BCUT2D eigenvalue weighted by molar-refractivity contribution is 7.89. The molecular formula is C16H15NO5S. The largest absolute Gasteiger partial charge is 0.465 e. The molecule has 7 heteroatoms. The number of hydrogen-bond acceptors (Lipinski definition) is 5. The van der Waals surface area contributed by atoms with E-state index < -0.39 is 21.7 Å². The Morgan fingerprint density at radius 1 is 1.09 bits per heavy atom. The third kappa shape index (κ3) is 2.42. The number of rotatable bonds is 4. The van der Waals surface area contributed by atoms with Gasteiger partial charge in [0.2, 0.25) is 0 Å². The first-order valence-electron chi connectivity index (χ1n) is 6.88. The van der Waals surface area contributed by atoms with E-state index in [9.17, 15) is 13.2 Å². The molecule has 1 aliphatic rings. The zero-order valence-corrected chi connectivity index (χ0v) is 13.4. The fraction of sp³-hybridized carbons (Fsp3) is 0.188. The molecule has 2 aromatic rings. The van der Waals surface area contributed by atoms with Crippen LogP contribution in [-0.2, 0) is 30.1 Å². The summed E-state index contributed by atoms with van der Waals surface area (Å²) in [4.78, 5) is 17.5. The lowest BCUT2D eigenvalue weighted by atomic mass is 10.1. The van der Waals surface area contributed by atoms with Gasteiger partial charge in [-0.05, 0) is 23.5 Å². The topological polar surface area (TPSA) is 76.0 Å². The van der Waals surface area contributed by atoms with Crippen LogP contribution in [0.1, 0.15) is 11.1 Å². The highest BCUT2D eigenvalue weighted by Crippen LogP contribution is 2.49. The fourth-order valence-corrected chi connectivity index (χ4v) is 3.71. The second-order valence-electron chi connectivity index (χ2n) is 5.14.